The summed E-state index contributed by atoms with van der Waals surface area (Å²) in [5, 5.41) is 1.09. The maximum atomic E-state index is 3.67. The third-order valence-electron chi connectivity index (χ3n) is 5.33. The van der Waals surface area contributed by atoms with Crippen LogP contribution >= 0.6 is 15.9 Å². The lowest BCUT2D eigenvalue weighted by Gasteiger charge is -2.21. The summed E-state index contributed by atoms with van der Waals surface area (Å²) in [5.41, 5.74) is 3.88. The predicted octanol–water partition coefficient (Wildman–Crippen LogP) is 5.29. The van der Waals surface area contributed by atoms with Gasteiger partial charge in [-0.05, 0) is 27.9 Å². The molecule has 1 aliphatic carbocycles. The van der Waals surface area contributed by atoms with E-state index in [9.17, 15) is 0 Å². The summed E-state index contributed by atoms with van der Waals surface area (Å²) in [7, 11) is 0. The summed E-state index contributed by atoms with van der Waals surface area (Å²) < 4.78 is 0. The number of halogens is 1. The van der Waals surface area contributed by atoms with Crippen LogP contribution in [0.5, 0.6) is 0 Å². The molecule has 18 heavy (non-hydrogen) atoms. The van der Waals surface area contributed by atoms with Gasteiger partial charge in [-0.2, -0.15) is 0 Å². The Morgan fingerprint density at radius 2 is 1.56 bits per heavy atom. The second kappa shape index (κ2) is 4.10. The largest absolute Gasteiger partial charge is 0.0924 e. The summed E-state index contributed by atoms with van der Waals surface area (Å²) in [4.78, 5) is 0. The minimum absolute atomic E-state index is 0.243. The molecule has 0 aliphatic heterocycles. The zero-order valence-corrected chi connectivity index (χ0v) is 14.1. The third kappa shape index (κ3) is 1.86. The van der Waals surface area contributed by atoms with Crippen LogP contribution in [0.25, 0.3) is 0 Å². The van der Waals surface area contributed by atoms with Crippen molar-refractivity contribution in [3.8, 4) is 0 Å². The first-order chi connectivity index (χ1) is 8.15. The van der Waals surface area contributed by atoms with E-state index < -0.39 is 0 Å². The van der Waals surface area contributed by atoms with E-state index in [2.05, 4.69) is 81.7 Å². The van der Waals surface area contributed by atoms with Gasteiger partial charge in [0.1, 0.15) is 0 Å². The molecule has 0 radical (unpaired) electrons. The molecule has 0 heterocycles. The minimum Gasteiger partial charge on any atom is -0.0924 e. The van der Waals surface area contributed by atoms with E-state index in [1.54, 1.807) is 0 Å². The fraction of sp³-hybridized carbons (Fsp3) is 0.647. The smallest absolute Gasteiger partial charge is 0.00737 e. The second-order valence-corrected chi connectivity index (χ2v) is 8.11. The van der Waals surface area contributed by atoms with Crippen LogP contribution in [0, 0.1) is 11.3 Å². The zero-order valence-electron chi connectivity index (χ0n) is 12.5. The minimum atomic E-state index is 0.243. The topological polar surface area (TPSA) is 0 Å². The van der Waals surface area contributed by atoms with Gasteiger partial charge in [0.25, 0.3) is 0 Å². The molecule has 0 amide bonds. The number of alkyl halides is 1. The highest BCUT2D eigenvalue weighted by molar-refractivity contribution is 9.09. The Morgan fingerprint density at radius 1 is 1.06 bits per heavy atom. The zero-order chi connectivity index (χ0) is 13.8. The summed E-state index contributed by atoms with van der Waals surface area (Å²) in [6.07, 6.45) is 0. The lowest BCUT2D eigenvalue weighted by Crippen LogP contribution is -2.13. The van der Waals surface area contributed by atoms with Crippen molar-refractivity contribution in [2.75, 3.05) is 5.33 Å². The maximum Gasteiger partial charge on any atom is 0.00737 e. The number of benzene rings is 1. The fourth-order valence-electron chi connectivity index (χ4n) is 3.34. The first kappa shape index (κ1) is 14.1. The Balaban J connectivity index is 2.32. The van der Waals surface area contributed by atoms with Crippen LogP contribution in [0.2, 0.25) is 0 Å². The number of hydrogen-bond donors (Lipinski definition) is 0. The van der Waals surface area contributed by atoms with Crippen LogP contribution in [0.1, 0.15) is 52.7 Å². The summed E-state index contributed by atoms with van der Waals surface area (Å²) in [5.74, 6) is 0.741. The van der Waals surface area contributed by atoms with Crippen LogP contribution in [0.4, 0.5) is 0 Å². The first-order valence-corrected chi connectivity index (χ1v) is 7.95. The highest BCUT2D eigenvalue weighted by atomic mass is 79.9. The normalized spacial score (nSPS) is 30.3. The van der Waals surface area contributed by atoms with Gasteiger partial charge in [-0.25, -0.2) is 0 Å². The predicted molar refractivity (Wildman–Crippen MR) is 83.6 cm³/mol. The molecule has 0 aromatic heterocycles. The molecule has 2 atom stereocenters. The van der Waals surface area contributed by atoms with E-state index in [-0.39, 0.29) is 5.41 Å². The molecule has 0 nitrogen and oxygen atoms in total. The lowest BCUT2D eigenvalue weighted by atomic mass is 9.83. The Labute approximate surface area is 120 Å². The van der Waals surface area contributed by atoms with Gasteiger partial charge < -0.3 is 0 Å². The van der Waals surface area contributed by atoms with Gasteiger partial charge >= 0.3 is 0 Å². The van der Waals surface area contributed by atoms with Gasteiger partial charge in [-0.1, -0.05) is 81.7 Å². The van der Waals surface area contributed by atoms with Gasteiger partial charge in [0.15, 0.2) is 0 Å². The second-order valence-electron chi connectivity index (χ2n) is 7.46. The van der Waals surface area contributed by atoms with Crippen molar-refractivity contribution in [2.24, 2.45) is 11.3 Å². The van der Waals surface area contributed by atoms with E-state index >= 15 is 0 Å². The van der Waals surface area contributed by atoms with Crippen molar-refractivity contribution in [2.45, 2.75) is 52.4 Å². The van der Waals surface area contributed by atoms with Crippen molar-refractivity contribution in [3.05, 3.63) is 35.4 Å². The third-order valence-corrected chi connectivity index (χ3v) is 5.98. The molecule has 0 saturated heterocycles. The van der Waals surface area contributed by atoms with Crippen molar-refractivity contribution in [3.63, 3.8) is 0 Å². The first-order valence-electron chi connectivity index (χ1n) is 6.82. The Hall–Kier alpha value is -0.300. The van der Waals surface area contributed by atoms with E-state index in [4.69, 9.17) is 0 Å². The van der Waals surface area contributed by atoms with Crippen LogP contribution < -0.4 is 0 Å². The van der Waals surface area contributed by atoms with E-state index in [0.717, 1.165) is 11.2 Å². The molecule has 0 N–H and O–H groups in total. The molecule has 2 rings (SSSR count). The molecule has 2 unspecified atom stereocenters. The van der Waals surface area contributed by atoms with Crippen molar-refractivity contribution >= 4 is 15.9 Å². The van der Waals surface area contributed by atoms with Crippen molar-refractivity contribution in [1.29, 1.82) is 0 Å². The van der Waals surface area contributed by atoms with Crippen LogP contribution in [-0.2, 0) is 10.8 Å². The number of hydrogen-bond acceptors (Lipinski definition) is 0. The number of rotatable bonds is 2. The molecule has 0 bridgehead atoms. The summed E-state index contributed by atoms with van der Waals surface area (Å²) in [6, 6.07) is 9.29. The maximum absolute atomic E-state index is 3.67. The molecule has 1 fully saturated rings. The molecular formula is C17H25Br. The van der Waals surface area contributed by atoms with Crippen LogP contribution in [0.3, 0.4) is 0 Å². The molecule has 1 aromatic rings. The molecule has 1 aliphatic rings. The molecule has 1 heteroatoms. The van der Waals surface area contributed by atoms with Crippen LogP contribution in [0.15, 0.2) is 24.3 Å². The Kier molecular flexibility index (Phi) is 3.21. The molecule has 0 spiro atoms. The highest BCUT2D eigenvalue weighted by Crippen LogP contribution is 2.69. The van der Waals surface area contributed by atoms with E-state index in [1.165, 1.54) is 11.1 Å². The monoisotopic (exact) mass is 308 g/mol. The van der Waals surface area contributed by atoms with Gasteiger partial charge in [-0.3, -0.25) is 0 Å². The lowest BCUT2D eigenvalue weighted by molar-refractivity contribution is 0.522. The summed E-state index contributed by atoms with van der Waals surface area (Å²) in [6.45, 7) is 14.0. The van der Waals surface area contributed by atoms with E-state index in [0.29, 0.717) is 10.8 Å². The van der Waals surface area contributed by atoms with Gasteiger partial charge in [0.05, 0.1) is 0 Å². The fourth-order valence-corrected chi connectivity index (χ4v) is 4.80. The average Bonchev–Trinajstić information content (AvgIpc) is 2.72. The summed E-state index contributed by atoms with van der Waals surface area (Å²) >= 11 is 3.67. The highest BCUT2D eigenvalue weighted by Gasteiger charge is 2.67. The quantitative estimate of drug-likeness (QED) is 0.651. The Morgan fingerprint density at radius 3 is 1.89 bits per heavy atom. The SMILES string of the molecule is CC(C)(C)c1ccc(C2(C)C(CBr)C2(C)C)cc1. The van der Waals surface area contributed by atoms with Crippen molar-refractivity contribution in [1.82, 2.24) is 0 Å². The average molecular weight is 309 g/mol. The van der Waals surface area contributed by atoms with Gasteiger partial charge in [-0.15, -0.1) is 0 Å². The Bertz CT molecular complexity index is 436. The standard InChI is InChI=1S/C17H25Br/c1-15(2,3)12-7-9-13(10-8-12)17(6)14(11-18)16(17,4)5/h7-10,14H,11H2,1-6H3. The van der Waals surface area contributed by atoms with Crippen LogP contribution in [-0.4, -0.2) is 5.33 Å². The van der Waals surface area contributed by atoms with Gasteiger partial charge in [0.2, 0.25) is 0 Å². The molecular weight excluding hydrogens is 284 g/mol. The van der Waals surface area contributed by atoms with E-state index in [1.807, 2.05) is 0 Å². The molecule has 100 valence electrons. The van der Waals surface area contributed by atoms with Gasteiger partial charge in [0, 0.05) is 10.7 Å². The van der Waals surface area contributed by atoms with Crippen molar-refractivity contribution < 1.29 is 0 Å². The molecule has 1 saturated carbocycles. The molecule has 1 aromatic carbocycles.